The van der Waals surface area contributed by atoms with Gasteiger partial charge in [0.05, 0.1) is 0 Å². The van der Waals surface area contributed by atoms with E-state index in [0.717, 1.165) is 12.0 Å². The Balaban J connectivity index is 2.73. The molecule has 0 aromatic heterocycles. The smallest absolute Gasteiger partial charge is 0.233 e. The minimum Gasteiger partial charge on any atom is -0.285 e. The third-order valence-corrected chi connectivity index (χ3v) is 1.20. The molecule has 1 heteroatoms. The monoisotopic (exact) mass is 119 g/mol. The van der Waals surface area contributed by atoms with Gasteiger partial charge in [0.15, 0.2) is 0 Å². The Kier molecular flexibility index (Phi) is 1.63. The fourth-order valence-corrected chi connectivity index (χ4v) is 0.660. The maximum absolute atomic E-state index is 9.99. The zero-order chi connectivity index (χ0) is 6.69. The van der Waals surface area contributed by atoms with Gasteiger partial charge in [0.25, 0.3) is 0 Å². The zero-order valence-electron chi connectivity index (χ0n) is 5.05. The maximum atomic E-state index is 9.99. The second-order valence-corrected chi connectivity index (χ2v) is 1.96. The van der Waals surface area contributed by atoms with E-state index in [-0.39, 0.29) is 0 Å². The summed E-state index contributed by atoms with van der Waals surface area (Å²) in [7, 11) is 0. The SMILES string of the molecule is C=C1C=CC([C]=O)=CC1. The molecule has 0 aliphatic heterocycles. The molecule has 0 spiro atoms. The van der Waals surface area contributed by atoms with Crippen LogP contribution in [0.3, 0.4) is 0 Å². The van der Waals surface area contributed by atoms with Gasteiger partial charge in [0.1, 0.15) is 0 Å². The van der Waals surface area contributed by atoms with Gasteiger partial charge in [-0.3, -0.25) is 4.79 Å². The minimum atomic E-state index is 0.627. The van der Waals surface area contributed by atoms with Crippen LogP contribution in [-0.2, 0) is 4.79 Å². The fraction of sp³-hybridized carbons (Fsp3) is 0.125. The third-order valence-electron chi connectivity index (χ3n) is 1.20. The standard InChI is InChI=1S/C8H7O/c1-7-2-4-8(6-9)5-3-7/h2,4-5H,1,3H2. The summed E-state index contributed by atoms with van der Waals surface area (Å²) in [6, 6.07) is 0. The van der Waals surface area contributed by atoms with Crippen molar-refractivity contribution in [1.82, 2.24) is 0 Å². The first kappa shape index (κ1) is 6.02. The highest BCUT2D eigenvalue weighted by atomic mass is 16.1. The summed E-state index contributed by atoms with van der Waals surface area (Å²) in [5.41, 5.74) is 1.66. The second kappa shape index (κ2) is 2.44. The van der Waals surface area contributed by atoms with E-state index < -0.39 is 0 Å². The number of hydrogen-bond acceptors (Lipinski definition) is 1. The maximum Gasteiger partial charge on any atom is 0.233 e. The molecule has 1 radical (unpaired) electrons. The van der Waals surface area contributed by atoms with Crippen molar-refractivity contribution in [2.24, 2.45) is 0 Å². The van der Waals surface area contributed by atoms with Crippen molar-refractivity contribution in [2.45, 2.75) is 6.42 Å². The molecule has 0 aromatic carbocycles. The lowest BCUT2D eigenvalue weighted by atomic mass is 10.1. The predicted molar refractivity (Wildman–Crippen MR) is 36.7 cm³/mol. The molecule has 0 unspecified atom stereocenters. The summed E-state index contributed by atoms with van der Waals surface area (Å²) >= 11 is 0. The van der Waals surface area contributed by atoms with E-state index in [1.165, 1.54) is 0 Å². The van der Waals surface area contributed by atoms with Gasteiger partial charge in [0.2, 0.25) is 6.29 Å². The highest BCUT2D eigenvalue weighted by Crippen LogP contribution is 2.11. The van der Waals surface area contributed by atoms with Crippen LogP contribution in [0.5, 0.6) is 0 Å². The van der Waals surface area contributed by atoms with Crippen molar-refractivity contribution in [3.05, 3.63) is 36.0 Å². The first-order valence-electron chi connectivity index (χ1n) is 2.77. The van der Waals surface area contributed by atoms with Crippen molar-refractivity contribution in [3.8, 4) is 0 Å². The van der Waals surface area contributed by atoms with Crippen molar-refractivity contribution >= 4 is 6.29 Å². The van der Waals surface area contributed by atoms with E-state index in [0.29, 0.717) is 5.57 Å². The Labute approximate surface area is 54.4 Å². The molecule has 0 heterocycles. The molecule has 1 nitrogen and oxygen atoms in total. The lowest BCUT2D eigenvalue weighted by Crippen LogP contribution is -1.86. The molecule has 1 aliphatic rings. The van der Waals surface area contributed by atoms with Crippen LogP contribution in [0.2, 0.25) is 0 Å². The van der Waals surface area contributed by atoms with Crippen LogP contribution in [0.25, 0.3) is 0 Å². The van der Waals surface area contributed by atoms with Crippen LogP contribution in [-0.4, -0.2) is 6.29 Å². The van der Waals surface area contributed by atoms with Crippen LogP contribution in [0.15, 0.2) is 36.0 Å². The first-order chi connectivity index (χ1) is 4.33. The molecule has 0 saturated heterocycles. The van der Waals surface area contributed by atoms with Gasteiger partial charge in [-0.2, -0.15) is 0 Å². The van der Waals surface area contributed by atoms with Crippen LogP contribution < -0.4 is 0 Å². The molecule has 0 fully saturated rings. The van der Waals surface area contributed by atoms with Crippen LogP contribution >= 0.6 is 0 Å². The van der Waals surface area contributed by atoms with Crippen molar-refractivity contribution < 1.29 is 4.79 Å². The highest BCUT2D eigenvalue weighted by Gasteiger charge is 1.96. The number of rotatable bonds is 1. The van der Waals surface area contributed by atoms with Crippen LogP contribution in [0, 0.1) is 0 Å². The van der Waals surface area contributed by atoms with Gasteiger partial charge >= 0.3 is 0 Å². The topological polar surface area (TPSA) is 17.1 Å². The van der Waals surface area contributed by atoms with Crippen LogP contribution in [0.1, 0.15) is 6.42 Å². The Morgan fingerprint density at radius 1 is 1.56 bits per heavy atom. The molecule has 45 valence electrons. The summed E-state index contributed by atoms with van der Waals surface area (Å²) in [5.74, 6) is 0. The van der Waals surface area contributed by atoms with E-state index >= 15 is 0 Å². The molecule has 0 saturated carbocycles. The van der Waals surface area contributed by atoms with Gasteiger partial charge in [-0.1, -0.05) is 30.4 Å². The summed E-state index contributed by atoms with van der Waals surface area (Å²) in [6.07, 6.45) is 7.96. The Morgan fingerprint density at radius 2 is 2.33 bits per heavy atom. The first-order valence-corrected chi connectivity index (χ1v) is 2.77. The van der Waals surface area contributed by atoms with Crippen LogP contribution in [0.4, 0.5) is 0 Å². The minimum absolute atomic E-state index is 0.627. The van der Waals surface area contributed by atoms with Crippen molar-refractivity contribution in [2.75, 3.05) is 0 Å². The van der Waals surface area contributed by atoms with Crippen molar-refractivity contribution in [3.63, 3.8) is 0 Å². The molecule has 1 aliphatic carbocycles. The quantitative estimate of drug-likeness (QED) is 0.511. The molecule has 0 aromatic rings. The van der Waals surface area contributed by atoms with Gasteiger partial charge in [0, 0.05) is 5.57 Å². The Bertz CT molecular complexity index is 197. The van der Waals surface area contributed by atoms with Crippen molar-refractivity contribution in [1.29, 1.82) is 0 Å². The third kappa shape index (κ3) is 1.39. The number of allylic oxidation sites excluding steroid dienone is 5. The molecule has 0 atom stereocenters. The zero-order valence-corrected chi connectivity index (χ0v) is 5.05. The Morgan fingerprint density at radius 3 is 2.78 bits per heavy atom. The molecule has 9 heavy (non-hydrogen) atoms. The predicted octanol–water partition coefficient (Wildman–Crippen LogP) is 1.54. The second-order valence-electron chi connectivity index (χ2n) is 1.96. The summed E-state index contributed by atoms with van der Waals surface area (Å²) in [5, 5.41) is 0. The Hall–Kier alpha value is -1.11. The fourth-order valence-electron chi connectivity index (χ4n) is 0.660. The summed E-state index contributed by atoms with van der Waals surface area (Å²) < 4.78 is 0. The molecular formula is C8H7O. The van der Waals surface area contributed by atoms with Gasteiger partial charge < -0.3 is 0 Å². The average Bonchev–Trinajstić information content (AvgIpc) is 1.90. The number of carbonyl (C=O) groups excluding carboxylic acids is 1. The van der Waals surface area contributed by atoms with Gasteiger partial charge in [-0.25, -0.2) is 0 Å². The van der Waals surface area contributed by atoms with Gasteiger partial charge in [-0.05, 0) is 6.42 Å². The summed E-state index contributed by atoms with van der Waals surface area (Å²) in [6.45, 7) is 3.72. The lowest BCUT2D eigenvalue weighted by molar-refractivity contribution is 0.562. The van der Waals surface area contributed by atoms with Gasteiger partial charge in [-0.15, -0.1) is 0 Å². The molecule has 0 amide bonds. The lowest BCUT2D eigenvalue weighted by Gasteiger charge is -1.99. The largest absolute Gasteiger partial charge is 0.285 e. The summed E-state index contributed by atoms with van der Waals surface area (Å²) in [4.78, 5) is 9.99. The van der Waals surface area contributed by atoms with E-state index in [1.807, 2.05) is 18.4 Å². The molecule has 1 rings (SSSR count). The molecule has 0 N–H and O–H groups in total. The number of hydrogen-bond donors (Lipinski definition) is 0. The molecule has 0 bridgehead atoms. The molecular weight excluding hydrogens is 112 g/mol. The van der Waals surface area contributed by atoms with E-state index in [4.69, 9.17) is 0 Å². The van der Waals surface area contributed by atoms with E-state index in [9.17, 15) is 4.79 Å². The van der Waals surface area contributed by atoms with E-state index in [1.54, 1.807) is 6.08 Å². The average molecular weight is 119 g/mol. The highest BCUT2D eigenvalue weighted by molar-refractivity contribution is 5.79. The van der Waals surface area contributed by atoms with E-state index in [2.05, 4.69) is 6.58 Å². The normalized spacial score (nSPS) is 17.3.